The Bertz CT molecular complexity index is 326. The van der Waals surface area contributed by atoms with Crippen LogP contribution in [-0.4, -0.2) is 6.61 Å². The van der Waals surface area contributed by atoms with E-state index in [0.29, 0.717) is 11.8 Å². The number of hydrogen-bond donors (Lipinski definition) is 0. The van der Waals surface area contributed by atoms with E-state index in [4.69, 9.17) is 4.74 Å². The standard InChI is InChI=1S/C15H24O/c1-6-10-16-14-9-7-8-13(11(2)3)15(14)12(4)5/h7-9,11-12H,6,10H2,1-5H3. The first-order chi connectivity index (χ1) is 7.57. The van der Waals surface area contributed by atoms with Gasteiger partial charge in [-0.3, -0.25) is 0 Å². The summed E-state index contributed by atoms with van der Waals surface area (Å²) in [6, 6.07) is 6.42. The van der Waals surface area contributed by atoms with Crippen molar-refractivity contribution in [1.82, 2.24) is 0 Å². The van der Waals surface area contributed by atoms with Crippen molar-refractivity contribution in [2.45, 2.75) is 52.9 Å². The minimum absolute atomic E-state index is 0.519. The summed E-state index contributed by atoms with van der Waals surface area (Å²) in [5, 5.41) is 0. The van der Waals surface area contributed by atoms with Crippen molar-refractivity contribution in [3.63, 3.8) is 0 Å². The Morgan fingerprint density at radius 3 is 2.25 bits per heavy atom. The minimum Gasteiger partial charge on any atom is -0.493 e. The van der Waals surface area contributed by atoms with E-state index in [9.17, 15) is 0 Å². The number of ether oxygens (including phenoxy) is 1. The van der Waals surface area contributed by atoms with E-state index < -0.39 is 0 Å². The maximum Gasteiger partial charge on any atom is 0.123 e. The predicted octanol–water partition coefficient (Wildman–Crippen LogP) is 4.72. The second kappa shape index (κ2) is 5.93. The molecule has 90 valence electrons. The van der Waals surface area contributed by atoms with Crippen LogP contribution < -0.4 is 4.74 Å². The lowest BCUT2D eigenvalue weighted by Crippen LogP contribution is -2.04. The fourth-order valence-corrected chi connectivity index (χ4v) is 2.02. The lowest BCUT2D eigenvalue weighted by Gasteiger charge is -2.20. The molecule has 1 rings (SSSR count). The highest BCUT2D eigenvalue weighted by molar-refractivity contribution is 5.43. The molecule has 0 aliphatic rings. The van der Waals surface area contributed by atoms with Crippen LogP contribution in [0.3, 0.4) is 0 Å². The quantitative estimate of drug-likeness (QED) is 0.697. The summed E-state index contributed by atoms with van der Waals surface area (Å²) < 4.78 is 5.84. The maximum absolute atomic E-state index is 5.84. The molecule has 1 aromatic carbocycles. The van der Waals surface area contributed by atoms with E-state index >= 15 is 0 Å². The first-order valence-corrected chi connectivity index (χ1v) is 6.33. The molecule has 1 nitrogen and oxygen atoms in total. The summed E-state index contributed by atoms with van der Waals surface area (Å²) in [5.74, 6) is 2.15. The van der Waals surface area contributed by atoms with Crippen molar-refractivity contribution in [2.24, 2.45) is 0 Å². The van der Waals surface area contributed by atoms with Gasteiger partial charge in [0.2, 0.25) is 0 Å². The van der Waals surface area contributed by atoms with Crippen LogP contribution in [-0.2, 0) is 0 Å². The molecule has 0 radical (unpaired) electrons. The summed E-state index contributed by atoms with van der Waals surface area (Å²) in [7, 11) is 0. The van der Waals surface area contributed by atoms with Crippen molar-refractivity contribution in [3.05, 3.63) is 29.3 Å². The van der Waals surface area contributed by atoms with Crippen LogP contribution in [0, 0.1) is 0 Å². The first-order valence-electron chi connectivity index (χ1n) is 6.33. The Morgan fingerprint density at radius 1 is 1.06 bits per heavy atom. The smallest absolute Gasteiger partial charge is 0.123 e. The van der Waals surface area contributed by atoms with Gasteiger partial charge in [-0.15, -0.1) is 0 Å². The highest BCUT2D eigenvalue weighted by Gasteiger charge is 2.14. The molecular formula is C15H24O. The van der Waals surface area contributed by atoms with Gasteiger partial charge in [0.05, 0.1) is 6.61 Å². The van der Waals surface area contributed by atoms with Crippen molar-refractivity contribution in [2.75, 3.05) is 6.61 Å². The van der Waals surface area contributed by atoms with Crippen LogP contribution in [0.4, 0.5) is 0 Å². The van der Waals surface area contributed by atoms with Crippen LogP contribution >= 0.6 is 0 Å². The zero-order chi connectivity index (χ0) is 12.1. The van der Waals surface area contributed by atoms with Crippen molar-refractivity contribution < 1.29 is 4.74 Å². The van der Waals surface area contributed by atoms with Gasteiger partial charge in [-0.2, -0.15) is 0 Å². The molecule has 0 saturated heterocycles. The SMILES string of the molecule is CCCOc1cccc(C(C)C)c1C(C)C. The fourth-order valence-electron chi connectivity index (χ4n) is 2.02. The van der Waals surface area contributed by atoms with Crippen LogP contribution in [0.2, 0.25) is 0 Å². The molecular weight excluding hydrogens is 196 g/mol. The molecule has 0 saturated carbocycles. The van der Waals surface area contributed by atoms with Gasteiger partial charge in [-0.05, 0) is 29.9 Å². The molecule has 1 heteroatoms. The largest absolute Gasteiger partial charge is 0.493 e. The van der Waals surface area contributed by atoms with E-state index in [1.165, 1.54) is 11.1 Å². The molecule has 0 heterocycles. The summed E-state index contributed by atoms with van der Waals surface area (Å²) in [6.45, 7) is 11.9. The third kappa shape index (κ3) is 3.01. The van der Waals surface area contributed by atoms with E-state index in [-0.39, 0.29) is 0 Å². The van der Waals surface area contributed by atoms with Gasteiger partial charge in [0.1, 0.15) is 5.75 Å². The fraction of sp³-hybridized carbons (Fsp3) is 0.600. The normalized spacial score (nSPS) is 11.2. The lowest BCUT2D eigenvalue weighted by atomic mass is 9.90. The van der Waals surface area contributed by atoms with Crippen molar-refractivity contribution in [1.29, 1.82) is 0 Å². The lowest BCUT2D eigenvalue weighted by molar-refractivity contribution is 0.312. The van der Waals surface area contributed by atoms with Gasteiger partial charge in [0.15, 0.2) is 0 Å². The molecule has 0 aromatic heterocycles. The van der Waals surface area contributed by atoms with Gasteiger partial charge >= 0.3 is 0 Å². The van der Waals surface area contributed by atoms with Crippen LogP contribution in [0.5, 0.6) is 5.75 Å². The third-order valence-corrected chi connectivity index (χ3v) is 2.76. The average Bonchev–Trinajstić information content (AvgIpc) is 2.25. The summed E-state index contributed by atoms with van der Waals surface area (Å²) in [6.07, 6.45) is 1.06. The van der Waals surface area contributed by atoms with Crippen molar-refractivity contribution in [3.8, 4) is 5.75 Å². The van der Waals surface area contributed by atoms with Crippen LogP contribution in [0.1, 0.15) is 64.0 Å². The Kier molecular flexibility index (Phi) is 4.85. The number of benzene rings is 1. The molecule has 0 amide bonds. The monoisotopic (exact) mass is 220 g/mol. The van der Waals surface area contributed by atoms with Crippen molar-refractivity contribution >= 4 is 0 Å². The molecule has 0 N–H and O–H groups in total. The van der Waals surface area contributed by atoms with Gasteiger partial charge < -0.3 is 4.74 Å². The zero-order valence-electron chi connectivity index (χ0n) is 11.2. The first kappa shape index (κ1) is 13.1. The topological polar surface area (TPSA) is 9.23 Å². The summed E-state index contributed by atoms with van der Waals surface area (Å²) in [5.41, 5.74) is 2.80. The van der Waals surface area contributed by atoms with E-state index in [1.807, 2.05) is 0 Å². The van der Waals surface area contributed by atoms with Gasteiger partial charge in [0, 0.05) is 5.56 Å². The summed E-state index contributed by atoms with van der Waals surface area (Å²) >= 11 is 0. The molecule has 0 bridgehead atoms. The maximum atomic E-state index is 5.84. The molecule has 0 aliphatic heterocycles. The van der Waals surface area contributed by atoms with E-state index in [2.05, 4.69) is 52.8 Å². The molecule has 0 spiro atoms. The highest BCUT2D eigenvalue weighted by atomic mass is 16.5. The number of rotatable bonds is 5. The Morgan fingerprint density at radius 2 is 1.75 bits per heavy atom. The third-order valence-electron chi connectivity index (χ3n) is 2.76. The van der Waals surface area contributed by atoms with Crippen LogP contribution in [0.15, 0.2) is 18.2 Å². The molecule has 16 heavy (non-hydrogen) atoms. The molecule has 0 unspecified atom stereocenters. The van der Waals surface area contributed by atoms with Crippen LogP contribution in [0.25, 0.3) is 0 Å². The van der Waals surface area contributed by atoms with E-state index in [0.717, 1.165) is 18.8 Å². The Hall–Kier alpha value is -0.980. The van der Waals surface area contributed by atoms with E-state index in [1.54, 1.807) is 0 Å². The summed E-state index contributed by atoms with van der Waals surface area (Å²) in [4.78, 5) is 0. The van der Waals surface area contributed by atoms with Gasteiger partial charge in [0.25, 0.3) is 0 Å². The minimum atomic E-state index is 0.519. The number of hydrogen-bond acceptors (Lipinski definition) is 1. The highest BCUT2D eigenvalue weighted by Crippen LogP contribution is 2.33. The Balaban J connectivity index is 3.11. The second-order valence-corrected chi connectivity index (χ2v) is 4.92. The van der Waals surface area contributed by atoms with Gasteiger partial charge in [-0.1, -0.05) is 46.8 Å². The molecule has 0 aliphatic carbocycles. The second-order valence-electron chi connectivity index (χ2n) is 4.92. The zero-order valence-corrected chi connectivity index (χ0v) is 11.2. The van der Waals surface area contributed by atoms with Gasteiger partial charge in [-0.25, -0.2) is 0 Å². The Labute approximate surface area is 99.8 Å². The average molecular weight is 220 g/mol. The molecule has 0 fully saturated rings. The molecule has 1 aromatic rings. The molecule has 0 atom stereocenters. The predicted molar refractivity (Wildman–Crippen MR) is 70.4 cm³/mol.